The van der Waals surface area contributed by atoms with Crippen LogP contribution in [0.1, 0.15) is 33.1 Å². The van der Waals surface area contributed by atoms with Gasteiger partial charge < -0.3 is 5.32 Å². The second kappa shape index (κ2) is 7.82. The zero-order valence-corrected chi connectivity index (χ0v) is 10.4. The first-order valence-electron chi connectivity index (χ1n) is 5.44. The molecule has 0 bridgehead atoms. The van der Waals surface area contributed by atoms with Crippen LogP contribution in [0.3, 0.4) is 0 Å². The Hall–Kier alpha value is -0.420. The van der Waals surface area contributed by atoms with E-state index in [1.165, 1.54) is 0 Å². The van der Waals surface area contributed by atoms with Crippen molar-refractivity contribution >= 4 is 15.6 Å². The average Bonchev–Trinajstić information content (AvgIpc) is 2.15. The molecule has 0 aliphatic rings. The largest absolute Gasteiger partial charge is 0.310 e. The molecule has 0 rings (SSSR count). The van der Waals surface area contributed by atoms with Crippen molar-refractivity contribution in [1.29, 1.82) is 0 Å². The van der Waals surface area contributed by atoms with E-state index in [-0.39, 0.29) is 30.3 Å². The van der Waals surface area contributed by atoms with E-state index in [0.717, 1.165) is 13.0 Å². The number of carbonyl (C=O) groups is 1. The molecule has 0 radical (unpaired) electrons. The summed E-state index contributed by atoms with van der Waals surface area (Å²) in [5.41, 5.74) is 0. The highest BCUT2D eigenvalue weighted by molar-refractivity contribution is 7.91. The van der Waals surface area contributed by atoms with Crippen molar-refractivity contribution in [3.05, 3.63) is 0 Å². The molecule has 0 saturated heterocycles. The third-order valence-corrected chi connectivity index (χ3v) is 3.81. The molecule has 1 N–H and O–H groups in total. The van der Waals surface area contributed by atoms with Gasteiger partial charge in [-0.05, 0) is 19.4 Å². The first kappa shape index (κ1) is 14.6. The summed E-state index contributed by atoms with van der Waals surface area (Å²) < 4.78 is 22.6. The Balaban J connectivity index is 3.71. The standard InChI is InChI=1S/C10H21NO3S/c1-3-6-11-9-10(12)5-8-15(13,14)7-4-2/h11H,3-9H2,1-2H3. The summed E-state index contributed by atoms with van der Waals surface area (Å²) in [6.45, 7) is 4.92. The lowest BCUT2D eigenvalue weighted by atomic mass is 10.3. The Morgan fingerprint density at radius 3 is 2.33 bits per heavy atom. The summed E-state index contributed by atoms with van der Waals surface area (Å²) in [5, 5.41) is 2.96. The maximum atomic E-state index is 11.3. The van der Waals surface area contributed by atoms with E-state index in [1.54, 1.807) is 0 Å². The summed E-state index contributed by atoms with van der Waals surface area (Å²) in [4.78, 5) is 11.2. The molecule has 0 fully saturated rings. The number of carbonyl (C=O) groups excluding carboxylic acids is 1. The van der Waals surface area contributed by atoms with Gasteiger partial charge in [-0.3, -0.25) is 4.79 Å². The van der Waals surface area contributed by atoms with Crippen LogP contribution in [0, 0.1) is 0 Å². The van der Waals surface area contributed by atoms with Gasteiger partial charge in [-0.25, -0.2) is 8.42 Å². The molecule has 15 heavy (non-hydrogen) atoms. The predicted molar refractivity (Wildman–Crippen MR) is 61.7 cm³/mol. The molecular formula is C10H21NO3S. The maximum Gasteiger partial charge on any atom is 0.150 e. The van der Waals surface area contributed by atoms with Gasteiger partial charge in [0.15, 0.2) is 9.84 Å². The molecule has 4 nitrogen and oxygen atoms in total. The van der Waals surface area contributed by atoms with Crippen molar-refractivity contribution in [2.75, 3.05) is 24.6 Å². The van der Waals surface area contributed by atoms with Crippen LogP contribution < -0.4 is 5.32 Å². The Kier molecular flexibility index (Phi) is 7.60. The average molecular weight is 235 g/mol. The Labute approximate surface area is 92.4 Å². The van der Waals surface area contributed by atoms with Crippen molar-refractivity contribution in [3.8, 4) is 0 Å². The minimum absolute atomic E-state index is 0.00647. The molecule has 0 amide bonds. The van der Waals surface area contributed by atoms with Crippen LogP contribution in [0.5, 0.6) is 0 Å². The van der Waals surface area contributed by atoms with E-state index in [2.05, 4.69) is 5.32 Å². The van der Waals surface area contributed by atoms with Crippen LogP contribution >= 0.6 is 0 Å². The number of rotatable bonds is 9. The van der Waals surface area contributed by atoms with Crippen LogP contribution in [0.25, 0.3) is 0 Å². The highest BCUT2D eigenvalue weighted by Gasteiger charge is 2.11. The highest BCUT2D eigenvalue weighted by atomic mass is 32.2. The van der Waals surface area contributed by atoms with Crippen LogP contribution in [0.15, 0.2) is 0 Å². The highest BCUT2D eigenvalue weighted by Crippen LogP contribution is 1.97. The van der Waals surface area contributed by atoms with Crippen LogP contribution in [-0.2, 0) is 14.6 Å². The normalized spacial score (nSPS) is 11.6. The van der Waals surface area contributed by atoms with E-state index < -0.39 is 9.84 Å². The van der Waals surface area contributed by atoms with Crippen LogP contribution in [0.4, 0.5) is 0 Å². The van der Waals surface area contributed by atoms with Crippen molar-refractivity contribution in [1.82, 2.24) is 5.32 Å². The van der Waals surface area contributed by atoms with Gasteiger partial charge in [0.05, 0.1) is 12.3 Å². The van der Waals surface area contributed by atoms with Crippen molar-refractivity contribution in [2.24, 2.45) is 0 Å². The summed E-state index contributed by atoms with van der Waals surface area (Å²) in [6.07, 6.45) is 1.73. The molecule has 0 aromatic carbocycles. The van der Waals surface area contributed by atoms with Gasteiger partial charge in [0.1, 0.15) is 5.78 Å². The van der Waals surface area contributed by atoms with E-state index >= 15 is 0 Å². The summed E-state index contributed by atoms with van der Waals surface area (Å²) >= 11 is 0. The van der Waals surface area contributed by atoms with Gasteiger partial charge in [-0.1, -0.05) is 13.8 Å². The van der Waals surface area contributed by atoms with E-state index in [4.69, 9.17) is 0 Å². The van der Waals surface area contributed by atoms with E-state index in [0.29, 0.717) is 6.42 Å². The summed E-state index contributed by atoms with van der Waals surface area (Å²) in [5.74, 6) is 0.152. The topological polar surface area (TPSA) is 63.2 Å². The van der Waals surface area contributed by atoms with Crippen molar-refractivity contribution < 1.29 is 13.2 Å². The van der Waals surface area contributed by atoms with Crippen LogP contribution in [0.2, 0.25) is 0 Å². The van der Waals surface area contributed by atoms with Gasteiger partial charge in [-0.2, -0.15) is 0 Å². The molecule has 5 heteroatoms. The quantitative estimate of drug-likeness (QED) is 0.600. The first-order valence-corrected chi connectivity index (χ1v) is 7.26. The molecule has 0 unspecified atom stereocenters. The first-order chi connectivity index (χ1) is 7.02. The zero-order valence-electron chi connectivity index (χ0n) is 9.58. The molecule has 0 aliphatic carbocycles. The SMILES string of the molecule is CCCNCC(=O)CCS(=O)(=O)CCC. The number of sulfone groups is 1. The van der Waals surface area contributed by atoms with E-state index in [1.807, 2.05) is 13.8 Å². The smallest absolute Gasteiger partial charge is 0.150 e. The molecule has 90 valence electrons. The third kappa shape index (κ3) is 8.57. The van der Waals surface area contributed by atoms with Gasteiger partial charge in [0.2, 0.25) is 0 Å². The monoisotopic (exact) mass is 235 g/mol. The Bertz CT molecular complexity index is 272. The number of hydrogen-bond donors (Lipinski definition) is 1. The molecule has 0 aromatic rings. The maximum absolute atomic E-state index is 11.3. The molecule has 0 atom stereocenters. The zero-order chi connectivity index (χ0) is 11.7. The van der Waals surface area contributed by atoms with Crippen molar-refractivity contribution in [2.45, 2.75) is 33.1 Å². The lowest BCUT2D eigenvalue weighted by Crippen LogP contribution is -2.25. The third-order valence-electron chi connectivity index (χ3n) is 1.96. The van der Waals surface area contributed by atoms with Crippen LogP contribution in [-0.4, -0.2) is 38.8 Å². The van der Waals surface area contributed by atoms with Gasteiger partial charge in [0.25, 0.3) is 0 Å². The van der Waals surface area contributed by atoms with Crippen molar-refractivity contribution in [3.63, 3.8) is 0 Å². The van der Waals surface area contributed by atoms with Gasteiger partial charge in [0, 0.05) is 12.2 Å². The number of hydrogen-bond acceptors (Lipinski definition) is 4. The minimum atomic E-state index is -3.01. The van der Waals surface area contributed by atoms with E-state index in [9.17, 15) is 13.2 Å². The summed E-state index contributed by atoms with van der Waals surface area (Å²) in [7, 11) is -3.01. The minimum Gasteiger partial charge on any atom is -0.310 e. The number of nitrogens with one attached hydrogen (secondary N) is 1. The molecular weight excluding hydrogens is 214 g/mol. The number of ketones is 1. The summed E-state index contributed by atoms with van der Waals surface area (Å²) in [6, 6.07) is 0. The molecule has 0 aromatic heterocycles. The predicted octanol–water partition coefficient (Wildman–Crippen LogP) is 0.770. The van der Waals surface area contributed by atoms with Gasteiger partial charge in [-0.15, -0.1) is 0 Å². The second-order valence-electron chi connectivity index (χ2n) is 3.62. The lowest BCUT2D eigenvalue weighted by molar-refractivity contribution is -0.117. The molecule has 0 saturated carbocycles. The molecule has 0 aliphatic heterocycles. The molecule has 0 heterocycles. The second-order valence-corrected chi connectivity index (χ2v) is 5.92. The lowest BCUT2D eigenvalue weighted by Gasteiger charge is -2.03. The number of Topliss-reactive ketones (excluding diaryl/α,β-unsaturated/α-hetero) is 1. The fourth-order valence-electron chi connectivity index (χ4n) is 1.18. The Morgan fingerprint density at radius 2 is 1.80 bits per heavy atom. The fourth-order valence-corrected chi connectivity index (χ4v) is 2.54. The Morgan fingerprint density at radius 1 is 1.13 bits per heavy atom. The fraction of sp³-hybridized carbons (Fsp3) is 0.900. The van der Waals surface area contributed by atoms with Gasteiger partial charge >= 0.3 is 0 Å². The molecule has 0 spiro atoms.